The molecule has 2 heteroatoms. The van der Waals surface area contributed by atoms with Gasteiger partial charge < -0.3 is 4.80 Å². The van der Waals surface area contributed by atoms with Crippen LogP contribution in [0.4, 0.5) is 0 Å². The molecule has 0 saturated carbocycles. The average molecular weight is 126 g/mol. The van der Waals surface area contributed by atoms with Crippen molar-refractivity contribution in [3.05, 3.63) is 22.5 Å². The van der Waals surface area contributed by atoms with Crippen LogP contribution in [0.3, 0.4) is 0 Å². The zero-order valence-corrected chi connectivity index (χ0v) is 6.33. The van der Waals surface area contributed by atoms with Gasteiger partial charge in [-0.3, -0.25) is 0 Å². The van der Waals surface area contributed by atoms with E-state index in [2.05, 4.69) is 0 Å². The highest BCUT2D eigenvalue weighted by atomic mass is 28.3. The molecule has 1 unspecified atom stereocenters. The van der Waals surface area contributed by atoms with Crippen molar-refractivity contribution in [3.8, 4) is 0 Å². The van der Waals surface area contributed by atoms with Crippen LogP contribution in [0.1, 0.15) is 13.8 Å². The van der Waals surface area contributed by atoms with Crippen LogP contribution >= 0.6 is 0 Å². The van der Waals surface area contributed by atoms with Gasteiger partial charge in [0.05, 0.1) is 0 Å². The lowest BCUT2D eigenvalue weighted by molar-refractivity contribution is 0.594. The fourth-order valence-electron chi connectivity index (χ4n) is 0.745. The molecule has 1 heterocycles. The fourth-order valence-corrected chi connectivity index (χ4v) is 2.07. The summed E-state index contributed by atoms with van der Waals surface area (Å²) < 4.78 is 0. The van der Waals surface area contributed by atoms with Crippen molar-refractivity contribution in [1.29, 1.82) is 0 Å². The van der Waals surface area contributed by atoms with Gasteiger partial charge >= 0.3 is 0 Å². The molecule has 0 saturated heterocycles. The smallest absolute Gasteiger partial charge is 0.224 e. The van der Waals surface area contributed by atoms with Gasteiger partial charge in [0.25, 0.3) is 0 Å². The minimum Gasteiger partial charge on any atom is -0.427 e. The van der Waals surface area contributed by atoms with Crippen molar-refractivity contribution in [3.63, 3.8) is 0 Å². The highest BCUT2D eigenvalue weighted by Gasteiger charge is 2.11. The summed E-state index contributed by atoms with van der Waals surface area (Å²) in [6.45, 7) is 4.04. The molecule has 44 valence electrons. The molecule has 0 aliphatic carbocycles. The van der Waals surface area contributed by atoms with Gasteiger partial charge in [-0.05, 0) is 13.8 Å². The fraction of sp³-hybridized carbons (Fsp3) is 0.333. The first-order valence-corrected chi connectivity index (χ1v) is 4.51. The van der Waals surface area contributed by atoms with Crippen LogP contribution in [0.15, 0.2) is 22.5 Å². The lowest BCUT2D eigenvalue weighted by atomic mass is 10.3. The van der Waals surface area contributed by atoms with Crippen LogP contribution in [0.25, 0.3) is 0 Å². The van der Waals surface area contributed by atoms with Crippen molar-refractivity contribution in [1.82, 2.24) is 0 Å². The summed E-state index contributed by atoms with van der Waals surface area (Å²) >= 11 is 0. The van der Waals surface area contributed by atoms with Gasteiger partial charge in [0.1, 0.15) is 0 Å². The van der Waals surface area contributed by atoms with Crippen LogP contribution < -0.4 is 0 Å². The van der Waals surface area contributed by atoms with E-state index in [4.69, 9.17) is 4.80 Å². The molecule has 1 rings (SSSR count). The van der Waals surface area contributed by atoms with Crippen molar-refractivity contribution < 1.29 is 4.80 Å². The highest BCUT2D eigenvalue weighted by Crippen LogP contribution is 2.14. The third-order valence-corrected chi connectivity index (χ3v) is 3.49. The molecule has 1 N–H and O–H groups in total. The van der Waals surface area contributed by atoms with Gasteiger partial charge in [-0.15, -0.1) is 0 Å². The first kappa shape index (κ1) is 5.79. The number of hydrogen-bond donors (Lipinski definition) is 1. The van der Waals surface area contributed by atoms with E-state index in [1.165, 1.54) is 10.8 Å². The molecule has 1 aliphatic heterocycles. The molecule has 0 spiro atoms. The maximum atomic E-state index is 9.16. The van der Waals surface area contributed by atoms with Gasteiger partial charge in [0.2, 0.25) is 9.04 Å². The van der Waals surface area contributed by atoms with E-state index < -0.39 is 9.04 Å². The molecule has 0 fully saturated rings. The van der Waals surface area contributed by atoms with Crippen molar-refractivity contribution in [2.24, 2.45) is 0 Å². The summed E-state index contributed by atoms with van der Waals surface area (Å²) in [5.41, 5.74) is 3.19. The van der Waals surface area contributed by atoms with Gasteiger partial charge in [0, 0.05) is 0 Å². The largest absolute Gasteiger partial charge is 0.427 e. The van der Waals surface area contributed by atoms with Crippen LogP contribution in [0, 0.1) is 0 Å². The van der Waals surface area contributed by atoms with Crippen LogP contribution in [0.2, 0.25) is 0 Å². The van der Waals surface area contributed by atoms with E-state index in [9.17, 15) is 0 Å². The summed E-state index contributed by atoms with van der Waals surface area (Å²) in [4.78, 5) is 9.16. The van der Waals surface area contributed by atoms with Crippen LogP contribution in [-0.4, -0.2) is 13.8 Å². The second-order valence-electron chi connectivity index (χ2n) is 2.17. The quantitative estimate of drug-likeness (QED) is 0.473. The Labute approximate surface area is 51.1 Å². The van der Waals surface area contributed by atoms with E-state index in [0.717, 1.165) is 0 Å². The topological polar surface area (TPSA) is 20.2 Å². The van der Waals surface area contributed by atoms with Crippen molar-refractivity contribution >= 4 is 9.04 Å². The summed E-state index contributed by atoms with van der Waals surface area (Å²) in [5.74, 6) is 0. The Balaban J connectivity index is 2.85. The monoisotopic (exact) mass is 126 g/mol. The summed E-state index contributed by atoms with van der Waals surface area (Å²) in [6.07, 6.45) is 2.01. The van der Waals surface area contributed by atoms with Gasteiger partial charge in [-0.25, -0.2) is 0 Å². The lowest BCUT2D eigenvalue weighted by Crippen LogP contribution is -2.07. The maximum absolute atomic E-state index is 9.16. The molecule has 0 bridgehead atoms. The summed E-state index contributed by atoms with van der Waals surface area (Å²) in [6, 6.07) is 0. The standard InChI is InChI=1S/C6H10OSi/c1-5-3-4-8(7)6(5)2/h3-4,7-8H,1-2H3. The molecular weight excluding hydrogens is 116 g/mol. The SMILES string of the molecule is CC1=C(C)[SiH](O)C=C1. The Kier molecular flexibility index (Phi) is 1.36. The lowest BCUT2D eigenvalue weighted by Gasteiger charge is -1.96. The van der Waals surface area contributed by atoms with E-state index >= 15 is 0 Å². The summed E-state index contributed by atoms with van der Waals surface area (Å²) in [7, 11) is -1.50. The second kappa shape index (κ2) is 1.88. The van der Waals surface area contributed by atoms with Crippen molar-refractivity contribution in [2.75, 3.05) is 0 Å². The van der Waals surface area contributed by atoms with Gasteiger partial charge in [0.15, 0.2) is 0 Å². The van der Waals surface area contributed by atoms with E-state index in [1.54, 1.807) is 0 Å². The molecule has 0 aromatic heterocycles. The number of hydrogen-bond acceptors (Lipinski definition) is 1. The number of allylic oxidation sites excluding steroid dienone is 3. The maximum Gasteiger partial charge on any atom is 0.224 e. The zero-order chi connectivity index (χ0) is 6.15. The first-order valence-electron chi connectivity index (χ1n) is 2.75. The summed E-state index contributed by atoms with van der Waals surface area (Å²) in [5, 5.41) is 1.21. The predicted molar refractivity (Wildman–Crippen MR) is 36.9 cm³/mol. The van der Waals surface area contributed by atoms with E-state index in [1.807, 2.05) is 25.6 Å². The first-order chi connectivity index (χ1) is 3.72. The molecule has 1 atom stereocenters. The Hall–Kier alpha value is -0.343. The molecule has 0 aromatic carbocycles. The Bertz CT molecular complexity index is 158. The molecule has 1 nitrogen and oxygen atoms in total. The number of rotatable bonds is 0. The van der Waals surface area contributed by atoms with Crippen LogP contribution in [-0.2, 0) is 0 Å². The highest BCUT2D eigenvalue weighted by molar-refractivity contribution is 6.65. The van der Waals surface area contributed by atoms with Crippen LogP contribution in [0.5, 0.6) is 0 Å². The third kappa shape index (κ3) is 0.766. The normalized spacial score (nSPS) is 27.6. The molecule has 8 heavy (non-hydrogen) atoms. The van der Waals surface area contributed by atoms with Gasteiger partial charge in [-0.2, -0.15) is 0 Å². The van der Waals surface area contributed by atoms with E-state index in [0.29, 0.717) is 0 Å². The second-order valence-corrected chi connectivity index (χ2v) is 4.31. The molecular formula is C6H10OSi. The van der Waals surface area contributed by atoms with Crippen molar-refractivity contribution in [2.45, 2.75) is 13.8 Å². The molecule has 0 amide bonds. The molecule has 0 radical (unpaired) electrons. The minimum atomic E-state index is -1.50. The zero-order valence-electron chi connectivity index (χ0n) is 5.18. The minimum absolute atomic E-state index is 1.21. The van der Waals surface area contributed by atoms with E-state index in [-0.39, 0.29) is 0 Å². The molecule has 0 aromatic rings. The Morgan fingerprint density at radius 2 is 2.12 bits per heavy atom. The van der Waals surface area contributed by atoms with Gasteiger partial charge in [-0.1, -0.05) is 22.5 Å². The predicted octanol–water partition coefficient (Wildman–Crippen LogP) is 0.687. The Morgan fingerprint density at radius 3 is 2.25 bits per heavy atom. The average Bonchev–Trinajstić information content (AvgIpc) is 1.98. The molecule has 1 aliphatic rings. The Morgan fingerprint density at radius 1 is 1.50 bits per heavy atom. The third-order valence-electron chi connectivity index (χ3n) is 1.59.